The number of methoxy groups -OCH3 is 1. The van der Waals surface area contributed by atoms with Crippen LogP contribution in [0.4, 0.5) is 4.39 Å². The lowest BCUT2D eigenvalue weighted by molar-refractivity contribution is -0.140. The molecule has 21 heavy (non-hydrogen) atoms. The van der Waals surface area contributed by atoms with E-state index < -0.39 is 6.04 Å². The van der Waals surface area contributed by atoms with E-state index >= 15 is 0 Å². The maximum Gasteiger partial charge on any atom is 0.305 e. The summed E-state index contributed by atoms with van der Waals surface area (Å²) < 4.78 is 17.5. The molecule has 1 aromatic carbocycles. The Bertz CT molecular complexity index is 473. The molecule has 116 valence electrons. The van der Waals surface area contributed by atoms with E-state index in [0.717, 1.165) is 6.42 Å². The first kappa shape index (κ1) is 17.3. The number of ketones is 1. The standard InChI is InChI=1S/C16H22FNO3/c1-4-11(2)18-14(9-10-15(19)21-3)16(20)12-5-7-13(17)8-6-12/h5-8,11,14,18H,4,9-10H2,1-3H3. The molecule has 5 heteroatoms. The highest BCUT2D eigenvalue weighted by Crippen LogP contribution is 2.11. The maximum atomic E-state index is 12.9. The average Bonchev–Trinajstić information content (AvgIpc) is 2.50. The van der Waals surface area contributed by atoms with Crippen LogP contribution in [0.3, 0.4) is 0 Å². The van der Waals surface area contributed by atoms with Gasteiger partial charge < -0.3 is 10.1 Å². The Labute approximate surface area is 124 Å². The molecule has 0 radical (unpaired) electrons. The highest BCUT2D eigenvalue weighted by molar-refractivity contribution is 6.00. The zero-order valence-corrected chi connectivity index (χ0v) is 12.7. The number of nitrogens with one attached hydrogen (secondary N) is 1. The Morgan fingerprint density at radius 3 is 2.43 bits per heavy atom. The highest BCUT2D eigenvalue weighted by Gasteiger charge is 2.22. The van der Waals surface area contributed by atoms with Crippen LogP contribution in [0.15, 0.2) is 24.3 Å². The van der Waals surface area contributed by atoms with Crippen molar-refractivity contribution < 1.29 is 18.7 Å². The molecule has 1 rings (SSSR count). The summed E-state index contributed by atoms with van der Waals surface area (Å²) in [6.45, 7) is 3.99. The summed E-state index contributed by atoms with van der Waals surface area (Å²) in [5.74, 6) is -0.871. The van der Waals surface area contributed by atoms with Crippen LogP contribution >= 0.6 is 0 Å². The summed E-state index contributed by atoms with van der Waals surface area (Å²) in [5, 5.41) is 3.21. The first-order chi connectivity index (χ1) is 9.97. The van der Waals surface area contributed by atoms with E-state index in [1.165, 1.54) is 31.4 Å². The van der Waals surface area contributed by atoms with Crippen molar-refractivity contribution in [3.8, 4) is 0 Å². The van der Waals surface area contributed by atoms with Crippen molar-refractivity contribution in [1.82, 2.24) is 5.32 Å². The summed E-state index contributed by atoms with van der Waals surface area (Å²) >= 11 is 0. The second-order valence-electron chi connectivity index (χ2n) is 5.01. The fourth-order valence-corrected chi connectivity index (χ4v) is 1.93. The second kappa shape index (κ2) is 8.52. The van der Waals surface area contributed by atoms with Gasteiger partial charge in [-0.05, 0) is 44.0 Å². The van der Waals surface area contributed by atoms with Gasteiger partial charge in [-0.25, -0.2) is 4.39 Å². The highest BCUT2D eigenvalue weighted by atomic mass is 19.1. The van der Waals surface area contributed by atoms with Gasteiger partial charge in [0.1, 0.15) is 5.82 Å². The number of carbonyl (C=O) groups excluding carboxylic acids is 2. The van der Waals surface area contributed by atoms with Crippen molar-refractivity contribution in [2.75, 3.05) is 7.11 Å². The second-order valence-corrected chi connectivity index (χ2v) is 5.01. The lowest BCUT2D eigenvalue weighted by Crippen LogP contribution is -2.42. The van der Waals surface area contributed by atoms with Gasteiger partial charge in [0.2, 0.25) is 0 Å². The predicted octanol–water partition coefficient (Wildman–Crippen LogP) is 2.72. The van der Waals surface area contributed by atoms with Crippen LogP contribution in [0.2, 0.25) is 0 Å². The fourth-order valence-electron chi connectivity index (χ4n) is 1.93. The first-order valence-electron chi connectivity index (χ1n) is 7.10. The maximum absolute atomic E-state index is 12.9. The number of hydrogen-bond donors (Lipinski definition) is 1. The number of ether oxygens (including phenoxy) is 1. The van der Waals surface area contributed by atoms with Gasteiger partial charge in [-0.3, -0.25) is 9.59 Å². The smallest absolute Gasteiger partial charge is 0.305 e. The van der Waals surface area contributed by atoms with E-state index in [1.807, 2.05) is 13.8 Å². The molecular formula is C16H22FNO3. The van der Waals surface area contributed by atoms with Crippen LogP contribution in [-0.4, -0.2) is 30.9 Å². The van der Waals surface area contributed by atoms with E-state index in [1.54, 1.807) is 0 Å². The van der Waals surface area contributed by atoms with Crippen LogP contribution in [0.25, 0.3) is 0 Å². The molecule has 0 aliphatic heterocycles. The van der Waals surface area contributed by atoms with Gasteiger partial charge in [0.25, 0.3) is 0 Å². The molecule has 2 unspecified atom stereocenters. The molecule has 4 nitrogen and oxygen atoms in total. The number of Topliss-reactive ketones (excluding diaryl/α,β-unsaturated/α-hetero) is 1. The molecule has 1 aromatic rings. The quantitative estimate of drug-likeness (QED) is 0.592. The Kier molecular flexibility index (Phi) is 7.02. The molecule has 1 N–H and O–H groups in total. The van der Waals surface area contributed by atoms with Gasteiger partial charge in [0.05, 0.1) is 13.2 Å². The zero-order valence-electron chi connectivity index (χ0n) is 12.7. The minimum Gasteiger partial charge on any atom is -0.469 e. The van der Waals surface area contributed by atoms with Gasteiger partial charge in [-0.15, -0.1) is 0 Å². The summed E-state index contributed by atoms with van der Waals surface area (Å²) in [7, 11) is 1.32. The number of rotatable bonds is 8. The molecule has 0 spiro atoms. The molecule has 0 fully saturated rings. The number of esters is 1. The van der Waals surface area contributed by atoms with Crippen LogP contribution < -0.4 is 5.32 Å². The fraction of sp³-hybridized carbons (Fsp3) is 0.500. The molecule has 0 heterocycles. The van der Waals surface area contributed by atoms with Crippen LogP contribution in [0, 0.1) is 5.82 Å². The average molecular weight is 295 g/mol. The third kappa shape index (κ3) is 5.63. The minimum absolute atomic E-state index is 0.140. The normalized spacial score (nSPS) is 13.5. The first-order valence-corrected chi connectivity index (χ1v) is 7.10. The Hall–Kier alpha value is -1.75. The molecule has 0 aliphatic rings. The molecule has 0 bridgehead atoms. The number of benzene rings is 1. The monoisotopic (exact) mass is 295 g/mol. The lowest BCUT2D eigenvalue weighted by Gasteiger charge is -2.21. The Balaban J connectivity index is 2.80. The Morgan fingerprint density at radius 2 is 1.90 bits per heavy atom. The lowest BCUT2D eigenvalue weighted by atomic mass is 9.99. The van der Waals surface area contributed by atoms with Crippen LogP contribution in [0.1, 0.15) is 43.5 Å². The molecule has 0 aromatic heterocycles. The molecular weight excluding hydrogens is 273 g/mol. The van der Waals surface area contributed by atoms with Crippen molar-refractivity contribution >= 4 is 11.8 Å². The van der Waals surface area contributed by atoms with E-state index in [0.29, 0.717) is 12.0 Å². The summed E-state index contributed by atoms with van der Waals surface area (Å²) in [6, 6.07) is 5.10. The predicted molar refractivity (Wildman–Crippen MR) is 78.7 cm³/mol. The van der Waals surface area contributed by atoms with Crippen molar-refractivity contribution in [1.29, 1.82) is 0 Å². The van der Waals surface area contributed by atoms with Crippen LogP contribution in [0.5, 0.6) is 0 Å². The minimum atomic E-state index is -0.482. The molecule has 0 amide bonds. The van der Waals surface area contributed by atoms with E-state index in [-0.39, 0.29) is 30.0 Å². The van der Waals surface area contributed by atoms with Gasteiger partial charge in [0.15, 0.2) is 5.78 Å². The SMILES string of the molecule is CCC(C)NC(CCC(=O)OC)C(=O)c1ccc(F)cc1. The van der Waals surface area contributed by atoms with Crippen molar-refractivity contribution in [2.24, 2.45) is 0 Å². The van der Waals surface area contributed by atoms with E-state index in [2.05, 4.69) is 10.1 Å². The summed E-state index contributed by atoms with van der Waals surface area (Å²) in [5.41, 5.74) is 0.432. The van der Waals surface area contributed by atoms with Gasteiger partial charge >= 0.3 is 5.97 Å². The van der Waals surface area contributed by atoms with Crippen molar-refractivity contribution in [3.05, 3.63) is 35.6 Å². The van der Waals surface area contributed by atoms with Gasteiger partial charge in [-0.2, -0.15) is 0 Å². The van der Waals surface area contributed by atoms with Crippen LogP contribution in [-0.2, 0) is 9.53 Å². The topological polar surface area (TPSA) is 55.4 Å². The zero-order chi connectivity index (χ0) is 15.8. The molecule has 0 saturated heterocycles. The third-order valence-corrected chi connectivity index (χ3v) is 3.41. The van der Waals surface area contributed by atoms with E-state index in [4.69, 9.17) is 0 Å². The number of halogens is 1. The summed E-state index contributed by atoms with van der Waals surface area (Å²) in [6.07, 6.45) is 1.39. The van der Waals surface area contributed by atoms with Crippen molar-refractivity contribution in [2.45, 2.75) is 45.2 Å². The number of carbonyl (C=O) groups is 2. The largest absolute Gasteiger partial charge is 0.469 e. The van der Waals surface area contributed by atoms with Crippen molar-refractivity contribution in [3.63, 3.8) is 0 Å². The number of hydrogen-bond acceptors (Lipinski definition) is 4. The van der Waals surface area contributed by atoms with Gasteiger partial charge in [-0.1, -0.05) is 6.92 Å². The summed E-state index contributed by atoms with van der Waals surface area (Å²) in [4.78, 5) is 23.7. The molecule has 2 atom stereocenters. The third-order valence-electron chi connectivity index (χ3n) is 3.41. The van der Waals surface area contributed by atoms with Gasteiger partial charge in [0, 0.05) is 18.0 Å². The molecule has 0 saturated carbocycles. The molecule has 0 aliphatic carbocycles. The Morgan fingerprint density at radius 1 is 1.29 bits per heavy atom. The van der Waals surface area contributed by atoms with E-state index in [9.17, 15) is 14.0 Å².